The molecule has 1 unspecified atom stereocenters. The van der Waals surface area contributed by atoms with Gasteiger partial charge < -0.3 is 18.0 Å². The summed E-state index contributed by atoms with van der Waals surface area (Å²) in [6, 6.07) is 0. The minimum Gasteiger partial charge on any atom is -0.454 e. The quantitative estimate of drug-likeness (QED) is 0.293. The minimum atomic E-state index is -3.08. The van der Waals surface area contributed by atoms with Crippen molar-refractivity contribution in [3.63, 3.8) is 0 Å². The van der Waals surface area contributed by atoms with E-state index in [4.69, 9.17) is 18.0 Å². The third-order valence-corrected chi connectivity index (χ3v) is 6.02. The summed E-state index contributed by atoms with van der Waals surface area (Å²) in [7, 11) is -3.08. The lowest BCUT2D eigenvalue weighted by atomic mass is 10.4. The molecule has 0 spiro atoms. The molecule has 0 heterocycles. The molecule has 0 N–H and O–H groups in total. The maximum atomic E-state index is 11.9. The lowest BCUT2D eigenvalue weighted by Crippen LogP contribution is -2.58. The summed E-state index contributed by atoms with van der Waals surface area (Å²) in [6.45, 7) is 14.9. The lowest BCUT2D eigenvalue weighted by molar-refractivity contribution is -0.144. The molecule has 0 aromatic rings. The minimum absolute atomic E-state index is 0.364. The summed E-state index contributed by atoms with van der Waals surface area (Å²) in [5, 5.41) is 0. The van der Waals surface area contributed by atoms with E-state index in [1.165, 1.54) is 0 Å². The monoisotopic (exact) mass is 332 g/mol. The summed E-state index contributed by atoms with van der Waals surface area (Å²) in [5.41, 5.74) is -0.135. The predicted octanol–water partition coefficient (Wildman–Crippen LogP) is 3.64. The summed E-state index contributed by atoms with van der Waals surface area (Å²) in [6.07, 6.45) is 3.14. The van der Waals surface area contributed by atoms with Crippen molar-refractivity contribution in [3.05, 3.63) is 12.2 Å². The second-order valence-corrected chi connectivity index (χ2v) is 7.95. The van der Waals surface area contributed by atoms with Crippen LogP contribution in [0.15, 0.2) is 12.2 Å². The Hall–Kier alpha value is -0.693. The molecule has 0 aliphatic carbocycles. The normalized spacial score (nSPS) is 13.0. The summed E-state index contributed by atoms with van der Waals surface area (Å²) < 4.78 is 23.6. The van der Waals surface area contributed by atoms with Gasteiger partial charge in [0.05, 0.1) is 0 Å². The van der Waals surface area contributed by atoms with E-state index in [-0.39, 0.29) is 0 Å². The second-order valence-electron chi connectivity index (χ2n) is 5.23. The molecule has 0 saturated carbocycles. The van der Waals surface area contributed by atoms with Gasteiger partial charge in [-0.1, -0.05) is 34.3 Å². The molecule has 0 aliphatic heterocycles. The Bertz CT molecular complexity index is 311. The molecular weight excluding hydrogens is 300 g/mol. The number of rotatable bonds is 13. The SMILES string of the molecule is C=C(C)C(=O)OC(CC)[Si](OCCC)(OCCC)OCCC. The van der Waals surface area contributed by atoms with Crippen LogP contribution >= 0.6 is 0 Å². The van der Waals surface area contributed by atoms with Crippen LogP contribution in [-0.2, 0) is 22.8 Å². The standard InChI is InChI=1S/C16H32O5Si/c1-7-11-18-22(19-12-8-2,20-13-9-3)15(10-4)21-16(17)14(5)6/h15H,5,7-13H2,1-4,6H3. The van der Waals surface area contributed by atoms with Crippen molar-refractivity contribution in [1.82, 2.24) is 0 Å². The fourth-order valence-corrected chi connectivity index (χ4v) is 4.80. The molecule has 0 saturated heterocycles. The highest BCUT2D eigenvalue weighted by atomic mass is 28.4. The van der Waals surface area contributed by atoms with E-state index in [1.807, 2.05) is 27.7 Å². The molecule has 130 valence electrons. The number of hydrogen-bond acceptors (Lipinski definition) is 5. The molecule has 0 fully saturated rings. The first kappa shape index (κ1) is 21.3. The van der Waals surface area contributed by atoms with Gasteiger partial charge in [-0.25, -0.2) is 4.79 Å². The lowest BCUT2D eigenvalue weighted by Gasteiger charge is -2.34. The molecule has 0 aliphatic rings. The molecule has 0 aromatic carbocycles. The molecule has 1 atom stereocenters. The smallest absolute Gasteiger partial charge is 0.454 e. The Morgan fingerprint density at radius 3 is 1.64 bits per heavy atom. The van der Waals surface area contributed by atoms with Gasteiger partial charge in [-0.05, 0) is 32.6 Å². The van der Waals surface area contributed by atoms with Gasteiger partial charge in [0, 0.05) is 25.4 Å². The third kappa shape index (κ3) is 7.04. The van der Waals surface area contributed by atoms with Crippen molar-refractivity contribution in [2.75, 3.05) is 19.8 Å². The van der Waals surface area contributed by atoms with Crippen LogP contribution in [0.4, 0.5) is 0 Å². The number of carbonyl (C=O) groups is 1. The van der Waals surface area contributed by atoms with Crippen molar-refractivity contribution in [1.29, 1.82) is 0 Å². The molecule has 0 radical (unpaired) electrons. The second kappa shape index (κ2) is 11.8. The van der Waals surface area contributed by atoms with Crippen LogP contribution in [0.25, 0.3) is 0 Å². The van der Waals surface area contributed by atoms with Crippen LogP contribution in [0.1, 0.15) is 60.3 Å². The van der Waals surface area contributed by atoms with Gasteiger partial charge >= 0.3 is 14.8 Å². The number of hydrogen-bond donors (Lipinski definition) is 0. The molecule has 0 bridgehead atoms. The third-order valence-electron chi connectivity index (χ3n) is 2.88. The number of esters is 1. The largest absolute Gasteiger partial charge is 0.544 e. The first-order valence-electron chi connectivity index (χ1n) is 8.25. The average Bonchev–Trinajstić information content (AvgIpc) is 2.52. The van der Waals surface area contributed by atoms with Crippen LogP contribution in [-0.4, -0.2) is 40.3 Å². The molecule has 22 heavy (non-hydrogen) atoms. The highest BCUT2D eigenvalue weighted by molar-refractivity contribution is 6.62. The van der Waals surface area contributed by atoms with Crippen LogP contribution in [0, 0.1) is 0 Å². The van der Waals surface area contributed by atoms with Crippen molar-refractivity contribution in [3.8, 4) is 0 Å². The van der Waals surface area contributed by atoms with Crippen molar-refractivity contribution in [2.24, 2.45) is 0 Å². The van der Waals surface area contributed by atoms with Crippen LogP contribution in [0.3, 0.4) is 0 Å². The Kier molecular flexibility index (Phi) is 11.4. The fourth-order valence-electron chi connectivity index (χ4n) is 1.77. The summed E-state index contributed by atoms with van der Waals surface area (Å²) in [4.78, 5) is 11.9. The Morgan fingerprint density at radius 1 is 0.955 bits per heavy atom. The van der Waals surface area contributed by atoms with Gasteiger partial charge in [0.1, 0.15) is 0 Å². The topological polar surface area (TPSA) is 54.0 Å². The highest BCUT2D eigenvalue weighted by Crippen LogP contribution is 2.22. The van der Waals surface area contributed by atoms with E-state index < -0.39 is 20.5 Å². The van der Waals surface area contributed by atoms with E-state index in [2.05, 4.69) is 6.58 Å². The molecule has 0 aromatic heterocycles. The fraction of sp³-hybridized carbons (Fsp3) is 0.812. The maximum Gasteiger partial charge on any atom is 0.544 e. The van der Waals surface area contributed by atoms with E-state index in [9.17, 15) is 4.79 Å². The zero-order valence-corrected chi connectivity index (χ0v) is 15.8. The zero-order valence-electron chi connectivity index (χ0n) is 14.8. The van der Waals surface area contributed by atoms with Gasteiger partial charge in [0.15, 0.2) is 5.73 Å². The summed E-state index contributed by atoms with van der Waals surface area (Å²) >= 11 is 0. The predicted molar refractivity (Wildman–Crippen MR) is 89.5 cm³/mol. The van der Waals surface area contributed by atoms with Gasteiger partial charge in [0.25, 0.3) is 0 Å². The zero-order chi connectivity index (χ0) is 17.0. The number of ether oxygens (including phenoxy) is 1. The van der Waals surface area contributed by atoms with E-state index in [0.29, 0.717) is 31.8 Å². The Labute approximate surface area is 136 Å². The molecule has 6 heteroatoms. The van der Waals surface area contributed by atoms with Gasteiger partial charge in [-0.3, -0.25) is 0 Å². The van der Waals surface area contributed by atoms with Crippen molar-refractivity contribution in [2.45, 2.75) is 66.0 Å². The van der Waals surface area contributed by atoms with Crippen LogP contribution in [0.2, 0.25) is 0 Å². The van der Waals surface area contributed by atoms with Gasteiger partial charge in [0.2, 0.25) is 0 Å². The molecule has 0 rings (SSSR count). The Morgan fingerprint density at radius 2 is 1.36 bits per heavy atom. The van der Waals surface area contributed by atoms with Crippen LogP contribution < -0.4 is 0 Å². The first-order valence-corrected chi connectivity index (χ1v) is 10.1. The molecule has 0 amide bonds. The van der Waals surface area contributed by atoms with Gasteiger partial charge in [-0.15, -0.1) is 0 Å². The average molecular weight is 333 g/mol. The van der Waals surface area contributed by atoms with E-state index in [1.54, 1.807) is 6.92 Å². The van der Waals surface area contributed by atoms with E-state index >= 15 is 0 Å². The first-order chi connectivity index (χ1) is 10.5. The van der Waals surface area contributed by atoms with E-state index in [0.717, 1.165) is 19.3 Å². The van der Waals surface area contributed by atoms with Crippen molar-refractivity contribution < 1.29 is 22.8 Å². The maximum absolute atomic E-state index is 11.9. The number of carbonyl (C=O) groups excluding carboxylic acids is 1. The molecular formula is C16H32O5Si. The molecule has 5 nitrogen and oxygen atoms in total. The highest BCUT2D eigenvalue weighted by Gasteiger charge is 2.51. The van der Waals surface area contributed by atoms with Gasteiger partial charge in [-0.2, -0.15) is 0 Å². The van der Waals surface area contributed by atoms with Crippen molar-refractivity contribution >= 4 is 14.8 Å². The van der Waals surface area contributed by atoms with Crippen LogP contribution in [0.5, 0.6) is 0 Å². The Balaban J connectivity index is 5.29. The summed E-state index contributed by atoms with van der Waals surface area (Å²) in [5.74, 6) is -0.427.